The molecule has 0 aliphatic heterocycles. The van der Waals surface area contributed by atoms with Gasteiger partial charge in [0.05, 0.1) is 30.8 Å². The summed E-state index contributed by atoms with van der Waals surface area (Å²) in [5.41, 5.74) is -0.564. The predicted molar refractivity (Wildman–Crippen MR) is 93.2 cm³/mol. The smallest absolute Gasteiger partial charge is 0.345 e. The van der Waals surface area contributed by atoms with Gasteiger partial charge in [-0.2, -0.15) is 5.26 Å². The second-order valence-corrected chi connectivity index (χ2v) is 5.14. The van der Waals surface area contributed by atoms with Gasteiger partial charge in [-0.3, -0.25) is 10.1 Å². The summed E-state index contributed by atoms with van der Waals surface area (Å²) in [5, 5.41) is 20.2. The number of benzene rings is 2. The normalized spacial score (nSPS) is 9.75. The van der Waals surface area contributed by atoms with Crippen LogP contribution in [-0.2, 0) is 14.3 Å². The highest BCUT2D eigenvalue weighted by atomic mass is 16.6. The summed E-state index contributed by atoms with van der Waals surface area (Å²) in [7, 11) is 2.31. The number of hydrogen-bond acceptors (Lipinski definition) is 9. The maximum absolute atomic E-state index is 12.2. The minimum Gasteiger partial charge on any atom is -0.481 e. The fraction of sp³-hybridized carbons (Fsp3) is 0.167. The summed E-state index contributed by atoms with van der Waals surface area (Å²) in [5.74, 6) is -1.84. The minimum absolute atomic E-state index is 0.0361. The van der Waals surface area contributed by atoms with Crippen LogP contribution >= 0.6 is 0 Å². The number of carbonyl (C=O) groups is 2. The Balaban J connectivity index is 2.48. The Hall–Kier alpha value is -4.13. The zero-order valence-corrected chi connectivity index (χ0v) is 14.8. The molecular weight excluding hydrogens is 372 g/mol. The lowest BCUT2D eigenvalue weighted by atomic mass is 10.1. The first kappa shape index (κ1) is 20.2. The number of nitrogens with zero attached hydrogens (tertiary/aromatic N) is 2. The molecule has 0 unspecified atom stereocenters. The van der Waals surface area contributed by atoms with Crippen molar-refractivity contribution in [2.45, 2.75) is 0 Å². The van der Waals surface area contributed by atoms with Gasteiger partial charge in [0, 0.05) is 6.07 Å². The molecule has 0 spiro atoms. The van der Waals surface area contributed by atoms with Crippen molar-refractivity contribution in [3.05, 3.63) is 57.6 Å². The topological polar surface area (TPSA) is 138 Å². The van der Waals surface area contributed by atoms with E-state index in [1.807, 2.05) is 0 Å². The average molecular weight is 386 g/mol. The fourth-order valence-corrected chi connectivity index (χ4v) is 2.15. The van der Waals surface area contributed by atoms with Crippen LogP contribution in [0.15, 0.2) is 36.4 Å². The third kappa shape index (κ3) is 4.53. The number of nitro groups is 1. The van der Waals surface area contributed by atoms with E-state index in [-0.39, 0.29) is 28.4 Å². The second-order valence-electron chi connectivity index (χ2n) is 5.14. The summed E-state index contributed by atoms with van der Waals surface area (Å²) in [4.78, 5) is 34.1. The summed E-state index contributed by atoms with van der Waals surface area (Å²) >= 11 is 0. The van der Waals surface area contributed by atoms with E-state index in [0.717, 1.165) is 13.2 Å². The SMILES string of the molecule is COC(=O)COc1cccc(Oc2ccc(C#N)cc2[N+](=O)[O-])c1C(=O)OC. The zero-order chi connectivity index (χ0) is 20.7. The van der Waals surface area contributed by atoms with Crippen LogP contribution in [0.3, 0.4) is 0 Å². The molecule has 2 aromatic carbocycles. The van der Waals surface area contributed by atoms with Gasteiger partial charge < -0.3 is 18.9 Å². The molecule has 10 heteroatoms. The van der Waals surface area contributed by atoms with Crippen molar-refractivity contribution in [1.29, 1.82) is 5.26 Å². The molecule has 0 heterocycles. The zero-order valence-electron chi connectivity index (χ0n) is 14.8. The van der Waals surface area contributed by atoms with Gasteiger partial charge in [-0.1, -0.05) is 6.07 Å². The maximum Gasteiger partial charge on any atom is 0.345 e. The average Bonchev–Trinajstić information content (AvgIpc) is 2.71. The van der Waals surface area contributed by atoms with Crippen LogP contribution in [0.2, 0.25) is 0 Å². The Morgan fingerprint density at radius 2 is 1.82 bits per heavy atom. The lowest BCUT2D eigenvalue weighted by Crippen LogP contribution is -2.15. The number of rotatable bonds is 7. The van der Waals surface area contributed by atoms with Crippen LogP contribution in [0.4, 0.5) is 5.69 Å². The highest BCUT2D eigenvalue weighted by Gasteiger charge is 2.24. The number of nitro benzene ring substituents is 1. The van der Waals surface area contributed by atoms with E-state index in [4.69, 9.17) is 19.5 Å². The van der Waals surface area contributed by atoms with Gasteiger partial charge in [0.25, 0.3) is 0 Å². The minimum atomic E-state index is -0.841. The van der Waals surface area contributed by atoms with Gasteiger partial charge in [-0.05, 0) is 24.3 Å². The van der Waals surface area contributed by atoms with Crippen LogP contribution in [0.25, 0.3) is 0 Å². The fourth-order valence-electron chi connectivity index (χ4n) is 2.15. The largest absolute Gasteiger partial charge is 0.481 e. The van der Waals surface area contributed by atoms with Gasteiger partial charge in [0.2, 0.25) is 5.75 Å². The molecule has 0 saturated carbocycles. The quantitative estimate of drug-likeness (QED) is 0.399. The van der Waals surface area contributed by atoms with Crippen molar-refractivity contribution in [2.24, 2.45) is 0 Å². The summed E-state index contributed by atoms with van der Waals surface area (Å²) in [6, 6.07) is 9.64. The molecule has 28 heavy (non-hydrogen) atoms. The van der Waals surface area contributed by atoms with Gasteiger partial charge in [0.1, 0.15) is 17.1 Å². The molecule has 0 aromatic heterocycles. The van der Waals surface area contributed by atoms with E-state index in [1.54, 1.807) is 6.07 Å². The Bertz CT molecular complexity index is 965. The third-order valence-corrected chi connectivity index (χ3v) is 3.46. The molecule has 0 atom stereocenters. The molecule has 0 saturated heterocycles. The molecule has 10 nitrogen and oxygen atoms in total. The number of nitriles is 1. The van der Waals surface area contributed by atoms with E-state index in [0.29, 0.717) is 0 Å². The van der Waals surface area contributed by atoms with E-state index < -0.39 is 29.2 Å². The number of hydrogen-bond donors (Lipinski definition) is 0. The Kier molecular flexibility index (Phi) is 6.49. The molecule has 0 radical (unpaired) electrons. The first-order valence-electron chi connectivity index (χ1n) is 7.68. The van der Waals surface area contributed by atoms with Crippen LogP contribution in [0.5, 0.6) is 17.2 Å². The van der Waals surface area contributed by atoms with Gasteiger partial charge in [-0.15, -0.1) is 0 Å². The van der Waals surface area contributed by atoms with E-state index >= 15 is 0 Å². The Labute approximate surface area is 159 Å². The molecule has 2 rings (SSSR count). The highest BCUT2D eigenvalue weighted by Crippen LogP contribution is 2.37. The van der Waals surface area contributed by atoms with Crippen molar-refractivity contribution >= 4 is 17.6 Å². The number of esters is 2. The van der Waals surface area contributed by atoms with Crippen LogP contribution in [0, 0.1) is 21.4 Å². The van der Waals surface area contributed by atoms with Crippen LogP contribution in [0.1, 0.15) is 15.9 Å². The predicted octanol–water partition coefficient (Wildman–Crippen LogP) is 2.60. The molecule has 0 N–H and O–H groups in total. The Morgan fingerprint density at radius 3 is 2.43 bits per heavy atom. The summed E-state index contributed by atoms with van der Waals surface area (Å²) < 4.78 is 20.0. The van der Waals surface area contributed by atoms with Crippen LogP contribution in [-0.4, -0.2) is 37.7 Å². The first-order chi connectivity index (χ1) is 13.4. The third-order valence-electron chi connectivity index (χ3n) is 3.46. The number of methoxy groups -OCH3 is 2. The molecule has 0 aliphatic carbocycles. The molecular formula is C18H14N2O8. The van der Waals surface area contributed by atoms with Gasteiger partial charge in [-0.25, -0.2) is 9.59 Å². The standard InChI is InChI=1S/C18H14N2O8/c1-25-16(21)10-27-14-4-3-5-15(17(14)18(22)26-2)28-13-7-6-11(9-19)8-12(13)20(23)24/h3-8H,10H2,1-2H3. The number of ether oxygens (including phenoxy) is 4. The number of carbonyl (C=O) groups excluding carboxylic acids is 2. The van der Waals surface area contributed by atoms with Crippen molar-refractivity contribution in [1.82, 2.24) is 0 Å². The van der Waals surface area contributed by atoms with Crippen molar-refractivity contribution in [2.75, 3.05) is 20.8 Å². The first-order valence-corrected chi connectivity index (χ1v) is 7.68. The highest BCUT2D eigenvalue weighted by molar-refractivity contribution is 5.95. The Morgan fingerprint density at radius 1 is 1.11 bits per heavy atom. The molecule has 0 amide bonds. The maximum atomic E-state index is 12.2. The van der Waals surface area contributed by atoms with Gasteiger partial charge in [0.15, 0.2) is 6.61 Å². The van der Waals surface area contributed by atoms with E-state index in [9.17, 15) is 19.7 Å². The van der Waals surface area contributed by atoms with Crippen molar-refractivity contribution in [3.63, 3.8) is 0 Å². The van der Waals surface area contributed by atoms with Crippen molar-refractivity contribution in [3.8, 4) is 23.3 Å². The second kappa shape index (κ2) is 9.00. The molecule has 0 bridgehead atoms. The monoisotopic (exact) mass is 386 g/mol. The lowest BCUT2D eigenvalue weighted by Gasteiger charge is -2.14. The van der Waals surface area contributed by atoms with E-state index in [1.165, 1.54) is 37.4 Å². The van der Waals surface area contributed by atoms with Crippen molar-refractivity contribution < 1.29 is 33.5 Å². The van der Waals surface area contributed by atoms with Crippen LogP contribution < -0.4 is 9.47 Å². The summed E-state index contributed by atoms with van der Waals surface area (Å²) in [6.07, 6.45) is 0. The van der Waals surface area contributed by atoms with Gasteiger partial charge >= 0.3 is 17.6 Å². The molecule has 0 fully saturated rings. The van der Waals surface area contributed by atoms with E-state index in [2.05, 4.69) is 4.74 Å². The lowest BCUT2D eigenvalue weighted by molar-refractivity contribution is -0.385. The summed E-state index contributed by atoms with van der Waals surface area (Å²) in [6.45, 7) is -0.471. The molecule has 2 aromatic rings. The molecule has 0 aliphatic rings. The molecule has 144 valence electrons.